The van der Waals surface area contributed by atoms with Crippen LogP contribution < -0.4 is 5.76 Å². The van der Waals surface area contributed by atoms with Crippen molar-refractivity contribution in [3.8, 4) is 0 Å². The third kappa shape index (κ3) is 4.47. The van der Waals surface area contributed by atoms with E-state index in [1.54, 1.807) is 43.0 Å². The topological polar surface area (TPSA) is 94.6 Å². The molecule has 0 unspecified atom stereocenters. The van der Waals surface area contributed by atoms with Crippen LogP contribution in [0, 0.1) is 12.3 Å². The van der Waals surface area contributed by atoms with Crippen LogP contribution >= 0.6 is 0 Å². The molecule has 1 aliphatic heterocycles. The van der Waals surface area contributed by atoms with Gasteiger partial charge in [0.15, 0.2) is 12.1 Å². The second-order valence-electron chi connectivity index (χ2n) is 9.05. The van der Waals surface area contributed by atoms with Crippen LogP contribution in [0.2, 0.25) is 0 Å². The quantitative estimate of drug-likeness (QED) is 0.519. The molecule has 1 aromatic heterocycles. The molecule has 0 bridgehead atoms. The Kier molecular flexibility index (Phi) is 6.20. The van der Waals surface area contributed by atoms with Crippen LogP contribution in [0.4, 0.5) is 0 Å². The Morgan fingerprint density at radius 2 is 1.87 bits per heavy atom. The number of rotatable bonds is 6. The number of amides is 1. The first kappa shape index (κ1) is 22.5. The number of hydrogen-bond donors (Lipinski definition) is 0. The fourth-order valence-electron chi connectivity index (χ4n) is 3.66. The first-order chi connectivity index (χ1) is 14.6. The summed E-state index contributed by atoms with van der Waals surface area (Å²) < 4.78 is 11.8. The second kappa shape index (κ2) is 8.53. The number of carbonyl (C=O) groups is 2. The number of aromatic nitrogens is 2. The lowest BCUT2D eigenvalue weighted by Crippen LogP contribution is -2.54. The summed E-state index contributed by atoms with van der Waals surface area (Å²) in [6.45, 7) is 9.68. The normalized spacial score (nSPS) is 21.6. The van der Waals surface area contributed by atoms with Crippen molar-refractivity contribution < 1.29 is 18.8 Å². The summed E-state index contributed by atoms with van der Waals surface area (Å²) in [5.74, 6) is -0.649. The molecular weight excluding hydrogens is 398 g/mol. The molecule has 0 aliphatic carbocycles. The zero-order valence-electron chi connectivity index (χ0n) is 18.6. The average molecular weight is 428 g/mol. The summed E-state index contributed by atoms with van der Waals surface area (Å²) in [4.78, 5) is 39.5. The van der Waals surface area contributed by atoms with Gasteiger partial charge in [-0.15, -0.1) is 0 Å². The smallest absolute Gasteiger partial charge is 0.439 e. The number of ether oxygens (including phenoxy) is 1. The molecule has 1 aromatic carbocycles. The van der Waals surface area contributed by atoms with E-state index in [4.69, 9.17) is 4.74 Å². The molecule has 3 rings (SSSR count). The number of benzene rings is 1. The monoisotopic (exact) mass is 427 g/mol. The summed E-state index contributed by atoms with van der Waals surface area (Å²) in [6, 6.07) is 8.91. The second-order valence-corrected chi connectivity index (χ2v) is 9.05. The Morgan fingerprint density at radius 3 is 2.45 bits per heavy atom. The molecule has 2 atom stereocenters. The maximum Gasteiger partial charge on any atom is 0.441 e. The number of esters is 1. The molecule has 0 saturated carbocycles. The van der Waals surface area contributed by atoms with Crippen molar-refractivity contribution in [2.75, 3.05) is 0 Å². The Morgan fingerprint density at radius 1 is 1.19 bits per heavy atom. The van der Waals surface area contributed by atoms with Crippen molar-refractivity contribution in [2.24, 2.45) is 5.41 Å². The Hall–Kier alpha value is -3.16. The molecule has 2 aromatic rings. The van der Waals surface area contributed by atoms with Gasteiger partial charge in [-0.05, 0) is 38.8 Å². The average Bonchev–Trinajstić information content (AvgIpc) is 3.18. The van der Waals surface area contributed by atoms with Gasteiger partial charge in [-0.1, -0.05) is 56.3 Å². The van der Waals surface area contributed by atoms with Gasteiger partial charge in [-0.25, -0.2) is 9.59 Å². The molecular formula is C23H29N3O5. The van der Waals surface area contributed by atoms with Crippen LogP contribution in [0.5, 0.6) is 0 Å². The van der Waals surface area contributed by atoms with Gasteiger partial charge >= 0.3 is 11.7 Å². The lowest BCUT2D eigenvalue weighted by atomic mass is 9.89. The Bertz CT molecular complexity index is 1030. The van der Waals surface area contributed by atoms with Crippen molar-refractivity contribution in [3.63, 3.8) is 0 Å². The van der Waals surface area contributed by atoms with Gasteiger partial charge in [0, 0.05) is 17.5 Å². The van der Waals surface area contributed by atoms with Gasteiger partial charge in [-0.2, -0.15) is 0 Å². The molecule has 166 valence electrons. The van der Waals surface area contributed by atoms with Crippen molar-refractivity contribution >= 4 is 11.9 Å². The van der Waals surface area contributed by atoms with E-state index < -0.39 is 28.9 Å². The van der Waals surface area contributed by atoms with Gasteiger partial charge in [-0.3, -0.25) is 18.8 Å². The van der Waals surface area contributed by atoms with E-state index >= 15 is 0 Å². The lowest BCUT2D eigenvalue weighted by molar-refractivity contribution is -0.148. The highest BCUT2D eigenvalue weighted by atomic mass is 16.6. The summed E-state index contributed by atoms with van der Waals surface area (Å²) in [5.41, 5.74) is -1.08. The van der Waals surface area contributed by atoms with Crippen LogP contribution in [0.25, 0.3) is 0 Å². The number of allylic oxidation sites excluding steroid dienone is 1. The van der Waals surface area contributed by atoms with Crippen molar-refractivity contribution in [1.29, 1.82) is 0 Å². The van der Waals surface area contributed by atoms with Gasteiger partial charge in [0.05, 0.1) is 0 Å². The van der Waals surface area contributed by atoms with Gasteiger partial charge < -0.3 is 4.74 Å². The minimum absolute atomic E-state index is 0.242. The van der Waals surface area contributed by atoms with Crippen molar-refractivity contribution in [3.05, 3.63) is 64.4 Å². The molecule has 0 N–H and O–H groups in total. The first-order valence-corrected chi connectivity index (χ1v) is 10.3. The minimum Gasteiger partial charge on any atom is -0.439 e. The van der Waals surface area contributed by atoms with Gasteiger partial charge in [0.25, 0.3) is 5.91 Å². The van der Waals surface area contributed by atoms with E-state index in [1.165, 1.54) is 4.57 Å². The van der Waals surface area contributed by atoms with E-state index in [1.807, 2.05) is 39.0 Å². The number of carbonyl (C=O) groups excluding carboxylic acids is 2. The summed E-state index contributed by atoms with van der Waals surface area (Å²) in [6.07, 6.45) is 3.92. The standard InChI is InChI=1S/C23H29N3O5/c1-16-24-31-21(29)25(16)15-11-7-10-14-23(5)20(28)30-19(22(2,3)4)26(23)18(27)17-12-8-6-9-13-17/h6-10,12-13,19H,11,14-15H2,1-5H3/b10-7-/t19-,23+/m1/s1. The molecule has 1 aliphatic rings. The third-order valence-corrected chi connectivity index (χ3v) is 5.47. The fourth-order valence-corrected chi connectivity index (χ4v) is 3.66. The molecule has 8 heteroatoms. The van der Waals surface area contributed by atoms with E-state index in [0.717, 1.165) is 0 Å². The number of nitrogens with zero attached hydrogens (tertiary/aromatic N) is 3. The van der Waals surface area contributed by atoms with Crippen LogP contribution in [0.1, 0.15) is 56.7 Å². The Balaban J connectivity index is 1.80. The lowest BCUT2D eigenvalue weighted by Gasteiger charge is -2.38. The zero-order valence-corrected chi connectivity index (χ0v) is 18.6. The predicted molar refractivity (Wildman–Crippen MR) is 114 cm³/mol. The number of cyclic esters (lactones) is 1. The Labute approximate surface area is 181 Å². The summed E-state index contributed by atoms with van der Waals surface area (Å²) in [5, 5.41) is 3.63. The highest BCUT2D eigenvalue weighted by Gasteiger charge is 2.57. The van der Waals surface area contributed by atoms with Crippen LogP contribution in [0.15, 0.2) is 51.8 Å². The maximum absolute atomic E-state index is 13.4. The number of aryl methyl sites for hydroxylation is 1. The highest BCUT2D eigenvalue weighted by molar-refractivity contribution is 5.99. The minimum atomic E-state index is -1.13. The van der Waals surface area contributed by atoms with Gasteiger partial charge in [0.2, 0.25) is 0 Å². The summed E-state index contributed by atoms with van der Waals surface area (Å²) in [7, 11) is 0. The van der Waals surface area contributed by atoms with Crippen LogP contribution in [0.3, 0.4) is 0 Å². The molecule has 1 fully saturated rings. The third-order valence-electron chi connectivity index (χ3n) is 5.47. The molecule has 8 nitrogen and oxygen atoms in total. The largest absolute Gasteiger partial charge is 0.441 e. The fraction of sp³-hybridized carbons (Fsp3) is 0.478. The molecule has 0 spiro atoms. The van der Waals surface area contributed by atoms with Crippen LogP contribution in [-0.4, -0.2) is 38.3 Å². The SMILES string of the molecule is Cc1noc(=O)n1CC/C=C\C[C@@]1(C)C(=O)O[C@H](C(C)(C)C)N1C(=O)c1ccccc1. The van der Waals surface area contributed by atoms with E-state index in [0.29, 0.717) is 30.8 Å². The van der Waals surface area contributed by atoms with E-state index in [-0.39, 0.29) is 5.91 Å². The van der Waals surface area contributed by atoms with E-state index in [2.05, 4.69) is 9.68 Å². The van der Waals surface area contributed by atoms with Crippen molar-refractivity contribution in [1.82, 2.24) is 14.6 Å². The molecule has 2 heterocycles. The van der Waals surface area contributed by atoms with E-state index in [9.17, 15) is 14.4 Å². The first-order valence-electron chi connectivity index (χ1n) is 10.3. The number of hydrogen-bond acceptors (Lipinski definition) is 6. The molecule has 31 heavy (non-hydrogen) atoms. The zero-order chi connectivity index (χ0) is 22.8. The predicted octanol–water partition coefficient (Wildman–Crippen LogP) is 3.31. The summed E-state index contributed by atoms with van der Waals surface area (Å²) >= 11 is 0. The molecule has 1 saturated heterocycles. The van der Waals surface area contributed by atoms with Gasteiger partial charge in [0.1, 0.15) is 5.54 Å². The maximum atomic E-state index is 13.4. The molecule has 1 amide bonds. The van der Waals surface area contributed by atoms with Crippen molar-refractivity contribution in [2.45, 2.75) is 65.8 Å². The molecule has 0 radical (unpaired) electrons. The van der Waals surface area contributed by atoms with Crippen LogP contribution in [-0.2, 0) is 16.1 Å². The highest BCUT2D eigenvalue weighted by Crippen LogP contribution is 2.40.